The Bertz CT molecular complexity index is 1690. The highest BCUT2D eigenvalue weighted by Gasteiger charge is 2.42. The zero-order valence-corrected chi connectivity index (χ0v) is 21.9. The van der Waals surface area contributed by atoms with Gasteiger partial charge in [-0.2, -0.15) is 0 Å². The molecule has 5 aromatic rings. The van der Waals surface area contributed by atoms with E-state index in [4.69, 9.17) is 26.7 Å². The van der Waals surface area contributed by atoms with Crippen LogP contribution in [0.25, 0.3) is 16.5 Å². The van der Waals surface area contributed by atoms with E-state index in [1.807, 2.05) is 36.5 Å². The number of aromatic nitrogens is 2. The van der Waals surface area contributed by atoms with Crippen LogP contribution in [-0.2, 0) is 0 Å². The maximum atomic E-state index is 5.95. The summed E-state index contributed by atoms with van der Waals surface area (Å²) in [5, 5.41) is 6.66. The highest BCUT2D eigenvalue weighted by atomic mass is 32.1. The minimum absolute atomic E-state index is 0.118. The first-order valence-electron chi connectivity index (χ1n) is 12.7. The van der Waals surface area contributed by atoms with Gasteiger partial charge >= 0.3 is 0 Å². The zero-order chi connectivity index (χ0) is 25.8. The van der Waals surface area contributed by atoms with E-state index in [-0.39, 0.29) is 18.9 Å². The largest absolute Gasteiger partial charge is 0.454 e. The van der Waals surface area contributed by atoms with Crippen molar-refractivity contribution in [3.63, 3.8) is 0 Å². The lowest BCUT2D eigenvalue weighted by Gasteiger charge is -2.28. The van der Waals surface area contributed by atoms with Crippen molar-refractivity contribution in [2.24, 2.45) is 0 Å². The highest BCUT2D eigenvalue weighted by Crippen LogP contribution is 2.46. The molecule has 2 aliphatic rings. The molecule has 2 aromatic heterocycles. The maximum absolute atomic E-state index is 5.95. The molecule has 2 atom stereocenters. The van der Waals surface area contributed by atoms with Crippen LogP contribution >= 0.6 is 12.2 Å². The van der Waals surface area contributed by atoms with Gasteiger partial charge < -0.3 is 24.3 Å². The van der Waals surface area contributed by atoms with E-state index >= 15 is 0 Å². The number of nitrogens with zero attached hydrogens (tertiary/aromatic N) is 3. The first-order valence-corrected chi connectivity index (χ1v) is 13.1. The Labute approximate surface area is 226 Å². The number of pyridine rings is 1. The molecule has 0 radical (unpaired) electrons. The fourth-order valence-corrected chi connectivity index (χ4v) is 6.19. The molecular weight excluding hydrogens is 492 g/mol. The molecule has 1 N–H and O–H groups in total. The van der Waals surface area contributed by atoms with Crippen LogP contribution in [-0.4, -0.2) is 21.5 Å². The summed E-state index contributed by atoms with van der Waals surface area (Å²) in [5.74, 6) is 1.48. The van der Waals surface area contributed by atoms with Crippen molar-refractivity contribution in [2.45, 2.75) is 25.9 Å². The van der Waals surface area contributed by atoms with Crippen molar-refractivity contribution in [2.75, 3.05) is 11.7 Å². The normalized spacial score (nSPS) is 18.3. The van der Waals surface area contributed by atoms with Gasteiger partial charge in [0.1, 0.15) is 0 Å². The monoisotopic (exact) mass is 518 g/mol. The van der Waals surface area contributed by atoms with Crippen LogP contribution in [0.15, 0.2) is 91.1 Å². The molecular formula is C31H26N4O2S. The summed E-state index contributed by atoms with van der Waals surface area (Å²) in [5.41, 5.74) is 6.58. The summed E-state index contributed by atoms with van der Waals surface area (Å²) < 4.78 is 13.6. The van der Waals surface area contributed by atoms with Crippen molar-refractivity contribution in [1.82, 2.24) is 14.9 Å². The maximum Gasteiger partial charge on any atom is 0.231 e. The minimum atomic E-state index is -0.129. The quantitative estimate of drug-likeness (QED) is 0.272. The van der Waals surface area contributed by atoms with E-state index in [9.17, 15) is 0 Å². The van der Waals surface area contributed by atoms with E-state index in [2.05, 4.69) is 83.2 Å². The Hall–Kier alpha value is -4.36. The predicted molar refractivity (Wildman–Crippen MR) is 153 cm³/mol. The van der Waals surface area contributed by atoms with Crippen LogP contribution in [0.3, 0.4) is 0 Å². The lowest BCUT2D eigenvalue weighted by molar-refractivity contribution is 0.174. The molecule has 2 aliphatic heterocycles. The number of nitrogens with one attached hydrogen (secondary N) is 1. The van der Waals surface area contributed by atoms with Gasteiger partial charge in [-0.3, -0.25) is 4.98 Å². The average Bonchev–Trinajstić information content (AvgIpc) is 3.63. The van der Waals surface area contributed by atoms with Gasteiger partial charge in [0.25, 0.3) is 0 Å². The first kappa shape index (κ1) is 22.8. The van der Waals surface area contributed by atoms with E-state index in [1.165, 1.54) is 27.7 Å². The van der Waals surface area contributed by atoms with Crippen LogP contribution in [0.5, 0.6) is 11.5 Å². The van der Waals surface area contributed by atoms with Gasteiger partial charge in [-0.05, 0) is 73.4 Å². The van der Waals surface area contributed by atoms with Crippen LogP contribution in [0.1, 0.15) is 34.7 Å². The second kappa shape index (κ2) is 8.89. The van der Waals surface area contributed by atoms with E-state index < -0.39 is 0 Å². The van der Waals surface area contributed by atoms with Gasteiger partial charge in [-0.25, -0.2) is 0 Å². The molecule has 0 saturated carbocycles. The number of hydrogen-bond acceptors (Lipinski definition) is 4. The highest BCUT2D eigenvalue weighted by molar-refractivity contribution is 7.80. The SMILES string of the molecule is Cc1cc([C@@H]2[C@@H](c3ccccn3)NC(=S)N2c2ccc3c(c2)OCO3)c(C)n1-c1cccc2ccccc12. The molecule has 6 nitrogen and oxygen atoms in total. The second-order valence-electron chi connectivity index (χ2n) is 9.69. The Morgan fingerprint density at radius 3 is 2.58 bits per heavy atom. The molecule has 7 heteroatoms. The molecule has 0 amide bonds. The summed E-state index contributed by atoms with van der Waals surface area (Å²) >= 11 is 5.95. The van der Waals surface area contributed by atoms with Crippen LogP contribution in [0, 0.1) is 13.8 Å². The lowest BCUT2D eigenvalue weighted by Crippen LogP contribution is -2.29. The molecule has 0 aliphatic carbocycles. The molecule has 7 rings (SSSR count). The fourth-order valence-electron chi connectivity index (χ4n) is 5.85. The second-order valence-corrected chi connectivity index (χ2v) is 10.1. The van der Waals surface area contributed by atoms with Crippen molar-refractivity contribution in [3.8, 4) is 17.2 Å². The number of benzene rings is 3. The fraction of sp³-hybridized carbons (Fsp3) is 0.161. The van der Waals surface area contributed by atoms with Crippen LogP contribution < -0.4 is 19.7 Å². The number of fused-ring (bicyclic) bond motifs is 2. The van der Waals surface area contributed by atoms with Crippen molar-refractivity contribution < 1.29 is 9.47 Å². The van der Waals surface area contributed by atoms with Gasteiger partial charge in [0, 0.05) is 34.7 Å². The first-order chi connectivity index (χ1) is 18.6. The summed E-state index contributed by atoms with van der Waals surface area (Å²) in [6.45, 7) is 4.59. The summed E-state index contributed by atoms with van der Waals surface area (Å²) in [6, 6.07) is 29.0. The Balaban J connectivity index is 1.41. The Morgan fingerprint density at radius 2 is 1.71 bits per heavy atom. The van der Waals surface area contributed by atoms with Gasteiger partial charge in [0.15, 0.2) is 16.6 Å². The van der Waals surface area contributed by atoms with Crippen molar-refractivity contribution >= 4 is 33.8 Å². The number of aryl methyl sites for hydroxylation is 1. The molecule has 3 aromatic carbocycles. The van der Waals surface area contributed by atoms with Crippen LogP contribution in [0.2, 0.25) is 0 Å². The molecule has 0 unspecified atom stereocenters. The van der Waals surface area contributed by atoms with Crippen LogP contribution in [0.4, 0.5) is 5.69 Å². The molecule has 0 bridgehead atoms. The topological polar surface area (TPSA) is 51.6 Å². The molecule has 188 valence electrons. The Morgan fingerprint density at radius 1 is 0.895 bits per heavy atom. The third-order valence-corrected chi connectivity index (χ3v) is 7.84. The van der Waals surface area contributed by atoms with Gasteiger partial charge in [-0.15, -0.1) is 0 Å². The Kier molecular flexibility index (Phi) is 5.33. The van der Waals surface area contributed by atoms with E-state index in [0.29, 0.717) is 5.11 Å². The zero-order valence-electron chi connectivity index (χ0n) is 21.1. The third kappa shape index (κ3) is 3.54. The molecule has 1 saturated heterocycles. The lowest BCUT2D eigenvalue weighted by atomic mass is 9.96. The van der Waals surface area contributed by atoms with E-state index in [1.54, 1.807) is 0 Å². The van der Waals surface area contributed by atoms with Gasteiger partial charge in [0.2, 0.25) is 6.79 Å². The van der Waals surface area contributed by atoms with Crippen molar-refractivity contribution in [3.05, 3.63) is 114 Å². The summed E-state index contributed by atoms with van der Waals surface area (Å²) in [4.78, 5) is 6.90. The molecule has 38 heavy (non-hydrogen) atoms. The average molecular weight is 519 g/mol. The third-order valence-electron chi connectivity index (χ3n) is 7.53. The predicted octanol–water partition coefficient (Wildman–Crippen LogP) is 6.55. The van der Waals surface area contributed by atoms with Crippen molar-refractivity contribution in [1.29, 1.82) is 0 Å². The van der Waals surface area contributed by atoms with Gasteiger partial charge in [0.05, 0.1) is 23.5 Å². The number of thiocarbonyl (C=S) groups is 1. The van der Waals surface area contributed by atoms with Gasteiger partial charge in [-0.1, -0.05) is 42.5 Å². The summed E-state index contributed by atoms with van der Waals surface area (Å²) in [7, 11) is 0. The minimum Gasteiger partial charge on any atom is -0.454 e. The molecule has 0 spiro atoms. The molecule has 4 heterocycles. The number of ether oxygens (including phenoxy) is 2. The standard InChI is InChI=1S/C31H26N4O2S/c1-19-16-24(20(2)34(19)26-12-7-9-21-8-3-4-10-23(21)26)30-29(25-11-5-6-15-32-25)33-31(38)35(30)22-13-14-27-28(17-22)37-18-36-27/h3-17,29-30H,18H2,1-2H3,(H,33,38)/t29-,30-/m1/s1. The number of hydrogen-bond donors (Lipinski definition) is 1. The number of rotatable bonds is 4. The van der Waals surface area contributed by atoms with E-state index in [0.717, 1.165) is 28.6 Å². The number of anilines is 1. The molecule has 1 fully saturated rings. The summed E-state index contributed by atoms with van der Waals surface area (Å²) in [6.07, 6.45) is 1.83. The smallest absolute Gasteiger partial charge is 0.231 e.